The van der Waals surface area contributed by atoms with E-state index in [0.717, 1.165) is 0 Å². The van der Waals surface area contributed by atoms with Crippen LogP contribution in [-0.2, 0) is 14.3 Å². The van der Waals surface area contributed by atoms with E-state index in [2.05, 4.69) is 9.99 Å². The molecule has 1 aliphatic heterocycles. The van der Waals surface area contributed by atoms with Crippen LogP contribution in [-0.4, -0.2) is 38.0 Å². The highest BCUT2D eigenvalue weighted by atomic mass is 35.5. The molecule has 1 fully saturated rings. The van der Waals surface area contributed by atoms with E-state index in [9.17, 15) is 13.2 Å². The predicted molar refractivity (Wildman–Crippen MR) is 65.7 cm³/mol. The van der Waals surface area contributed by atoms with Gasteiger partial charge in [0, 0.05) is 10.6 Å². The molecule has 110 valence electrons. The van der Waals surface area contributed by atoms with E-state index >= 15 is 0 Å². The Morgan fingerprint density at radius 1 is 1.25 bits per heavy atom. The Hall–Kier alpha value is -1.31. The fraction of sp³-hybridized carbons (Fsp3) is 0.417. The lowest BCUT2D eigenvalue weighted by atomic mass is 10.1. The monoisotopic (exact) mass is 309 g/mol. The van der Waals surface area contributed by atoms with Crippen molar-refractivity contribution in [3.63, 3.8) is 0 Å². The number of nitrogens with zero attached hydrogens (tertiary/aromatic N) is 1. The summed E-state index contributed by atoms with van der Waals surface area (Å²) in [5.41, 5.74) is -1.26. The second-order valence-electron chi connectivity index (χ2n) is 3.91. The van der Waals surface area contributed by atoms with Crippen molar-refractivity contribution in [2.45, 2.75) is 12.5 Å². The van der Waals surface area contributed by atoms with E-state index in [1.165, 1.54) is 24.3 Å². The SMILES string of the molecule is FC(F)(F)C(=NOCC1OCCO1)c1ccc(Cl)cc1. The molecule has 1 aromatic carbocycles. The van der Waals surface area contributed by atoms with Crippen molar-refractivity contribution < 1.29 is 27.5 Å². The molecule has 0 N–H and O–H groups in total. The summed E-state index contributed by atoms with van der Waals surface area (Å²) >= 11 is 5.64. The van der Waals surface area contributed by atoms with Gasteiger partial charge in [-0.05, 0) is 12.1 Å². The predicted octanol–water partition coefficient (Wildman–Crippen LogP) is 3.00. The Morgan fingerprint density at radius 2 is 1.85 bits per heavy atom. The Labute approximate surface area is 118 Å². The van der Waals surface area contributed by atoms with Gasteiger partial charge in [-0.25, -0.2) is 0 Å². The minimum Gasteiger partial charge on any atom is -0.390 e. The van der Waals surface area contributed by atoms with Crippen molar-refractivity contribution in [1.82, 2.24) is 0 Å². The molecule has 8 heteroatoms. The van der Waals surface area contributed by atoms with Crippen molar-refractivity contribution in [3.8, 4) is 0 Å². The fourth-order valence-electron chi connectivity index (χ4n) is 1.54. The van der Waals surface area contributed by atoms with Gasteiger partial charge in [0.15, 0.2) is 18.6 Å². The molecule has 0 unspecified atom stereocenters. The van der Waals surface area contributed by atoms with Crippen LogP contribution in [0.3, 0.4) is 0 Å². The molecule has 4 nitrogen and oxygen atoms in total. The highest BCUT2D eigenvalue weighted by Crippen LogP contribution is 2.24. The average Bonchev–Trinajstić information content (AvgIpc) is 2.88. The lowest BCUT2D eigenvalue weighted by Gasteiger charge is -2.12. The normalized spacial score (nSPS) is 17.5. The number of hydrogen-bond donors (Lipinski definition) is 0. The summed E-state index contributed by atoms with van der Waals surface area (Å²) in [5, 5.41) is 3.48. The maximum absolute atomic E-state index is 12.9. The molecule has 0 bridgehead atoms. The number of ether oxygens (including phenoxy) is 2. The minimum absolute atomic E-state index is 0.129. The molecule has 1 aromatic rings. The van der Waals surface area contributed by atoms with Crippen LogP contribution in [0.4, 0.5) is 13.2 Å². The third-order valence-electron chi connectivity index (χ3n) is 2.44. The van der Waals surface area contributed by atoms with Crippen molar-refractivity contribution >= 4 is 17.3 Å². The summed E-state index contributed by atoms with van der Waals surface area (Å²) in [6, 6.07) is 5.14. The number of hydrogen-bond acceptors (Lipinski definition) is 4. The van der Waals surface area contributed by atoms with Gasteiger partial charge in [0.05, 0.1) is 13.2 Å². The maximum Gasteiger partial charge on any atom is 0.437 e. The fourth-order valence-corrected chi connectivity index (χ4v) is 1.67. The number of alkyl halides is 3. The first-order valence-electron chi connectivity index (χ1n) is 5.73. The lowest BCUT2D eigenvalue weighted by Crippen LogP contribution is -2.25. The van der Waals surface area contributed by atoms with Crippen molar-refractivity contribution in [1.29, 1.82) is 0 Å². The smallest absolute Gasteiger partial charge is 0.390 e. The van der Waals surface area contributed by atoms with E-state index in [-0.39, 0.29) is 12.2 Å². The zero-order valence-corrected chi connectivity index (χ0v) is 10.9. The van der Waals surface area contributed by atoms with E-state index in [4.69, 9.17) is 21.1 Å². The number of oxime groups is 1. The Kier molecular flexibility index (Phi) is 4.85. The first-order chi connectivity index (χ1) is 9.47. The molecule has 0 aromatic heterocycles. The Balaban J connectivity index is 2.08. The van der Waals surface area contributed by atoms with Crippen LogP contribution in [0, 0.1) is 0 Å². The van der Waals surface area contributed by atoms with Crippen LogP contribution in [0.25, 0.3) is 0 Å². The number of rotatable bonds is 4. The highest BCUT2D eigenvalue weighted by molar-refractivity contribution is 6.30. The summed E-state index contributed by atoms with van der Waals surface area (Å²) < 4.78 is 48.8. The van der Waals surface area contributed by atoms with Crippen molar-refractivity contribution in [3.05, 3.63) is 34.9 Å². The largest absolute Gasteiger partial charge is 0.437 e. The third kappa shape index (κ3) is 4.09. The minimum atomic E-state index is -4.63. The second-order valence-corrected chi connectivity index (χ2v) is 4.35. The zero-order chi connectivity index (χ0) is 14.6. The molecular weight excluding hydrogens is 299 g/mol. The first-order valence-corrected chi connectivity index (χ1v) is 6.11. The molecule has 20 heavy (non-hydrogen) atoms. The molecule has 1 heterocycles. The van der Waals surface area contributed by atoms with Gasteiger partial charge in [-0.15, -0.1) is 0 Å². The average molecular weight is 310 g/mol. The van der Waals surface area contributed by atoms with E-state index < -0.39 is 18.2 Å². The van der Waals surface area contributed by atoms with Gasteiger partial charge >= 0.3 is 6.18 Å². The van der Waals surface area contributed by atoms with E-state index in [0.29, 0.717) is 18.2 Å². The van der Waals surface area contributed by atoms with E-state index in [1.807, 2.05) is 0 Å². The van der Waals surface area contributed by atoms with E-state index in [1.54, 1.807) is 0 Å². The molecule has 0 saturated carbocycles. The second kappa shape index (κ2) is 6.43. The summed E-state index contributed by atoms with van der Waals surface area (Å²) in [4.78, 5) is 4.68. The topological polar surface area (TPSA) is 40.0 Å². The first kappa shape index (κ1) is 15.1. The molecule has 1 saturated heterocycles. The van der Waals surface area contributed by atoms with Crippen LogP contribution >= 0.6 is 11.6 Å². The van der Waals surface area contributed by atoms with Crippen LogP contribution < -0.4 is 0 Å². The van der Waals surface area contributed by atoms with Gasteiger partial charge in [0.1, 0.15) is 0 Å². The molecule has 0 spiro atoms. The number of halogens is 4. The maximum atomic E-state index is 12.9. The summed E-state index contributed by atoms with van der Waals surface area (Å²) in [6.07, 6.45) is -5.32. The molecule has 0 aliphatic carbocycles. The highest BCUT2D eigenvalue weighted by Gasteiger charge is 2.38. The Bertz CT molecular complexity index is 470. The van der Waals surface area contributed by atoms with Crippen LogP contribution in [0.15, 0.2) is 29.4 Å². The van der Waals surface area contributed by atoms with Gasteiger partial charge < -0.3 is 14.3 Å². The van der Waals surface area contributed by atoms with Crippen molar-refractivity contribution in [2.75, 3.05) is 19.8 Å². The molecule has 2 rings (SSSR count). The Morgan fingerprint density at radius 3 is 2.40 bits per heavy atom. The van der Waals surface area contributed by atoms with Crippen LogP contribution in [0.2, 0.25) is 5.02 Å². The number of benzene rings is 1. The lowest BCUT2D eigenvalue weighted by molar-refractivity contribution is -0.0979. The molecule has 0 atom stereocenters. The quantitative estimate of drug-likeness (QED) is 0.634. The summed E-state index contributed by atoms with van der Waals surface area (Å²) in [6.45, 7) is 0.579. The van der Waals surface area contributed by atoms with Crippen LogP contribution in [0.1, 0.15) is 5.56 Å². The zero-order valence-electron chi connectivity index (χ0n) is 10.2. The standard InChI is InChI=1S/C12H11ClF3NO3/c13-9-3-1-8(2-4-9)11(12(14,15)16)17-20-7-10-18-5-6-19-10/h1-4,10H,5-7H2. The van der Waals surface area contributed by atoms with Crippen molar-refractivity contribution in [2.24, 2.45) is 5.16 Å². The van der Waals surface area contributed by atoms with Gasteiger partial charge in [-0.2, -0.15) is 13.2 Å². The van der Waals surface area contributed by atoms with Gasteiger partial charge in [-0.1, -0.05) is 28.9 Å². The third-order valence-corrected chi connectivity index (χ3v) is 2.70. The molecule has 1 aliphatic rings. The van der Waals surface area contributed by atoms with Gasteiger partial charge in [0.25, 0.3) is 0 Å². The van der Waals surface area contributed by atoms with Gasteiger partial charge in [-0.3, -0.25) is 0 Å². The van der Waals surface area contributed by atoms with Gasteiger partial charge in [0.2, 0.25) is 0 Å². The summed E-state index contributed by atoms with van der Waals surface area (Å²) in [5.74, 6) is 0. The molecule has 0 radical (unpaired) electrons. The molecular formula is C12H11ClF3NO3. The molecule has 0 amide bonds. The summed E-state index contributed by atoms with van der Waals surface area (Å²) in [7, 11) is 0. The van der Waals surface area contributed by atoms with Crippen LogP contribution in [0.5, 0.6) is 0 Å².